The molecule has 0 saturated carbocycles. The Bertz CT molecular complexity index is 461. The highest BCUT2D eigenvalue weighted by molar-refractivity contribution is 5.93. The summed E-state index contributed by atoms with van der Waals surface area (Å²) in [6.07, 6.45) is 5.07. The summed E-state index contributed by atoms with van der Waals surface area (Å²) in [6, 6.07) is 4.19. The fourth-order valence-corrected chi connectivity index (χ4v) is 2.56. The van der Waals surface area contributed by atoms with Gasteiger partial charge in [0.25, 0.3) is 5.91 Å². The van der Waals surface area contributed by atoms with Gasteiger partial charge in [0.15, 0.2) is 0 Å². The molecule has 0 aromatic carbocycles. The minimum atomic E-state index is 0.0596. The van der Waals surface area contributed by atoms with Gasteiger partial charge in [-0.3, -0.25) is 9.78 Å². The van der Waals surface area contributed by atoms with Crippen molar-refractivity contribution in [2.24, 2.45) is 5.92 Å². The molecule has 4 heteroatoms. The number of pyridine rings is 1. The van der Waals surface area contributed by atoms with Crippen LogP contribution in [0.4, 0.5) is 5.69 Å². The minimum Gasteiger partial charge on any atom is -0.382 e. The van der Waals surface area contributed by atoms with Gasteiger partial charge in [-0.05, 0) is 44.2 Å². The lowest BCUT2D eigenvalue weighted by Crippen LogP contribution is -2.39. The minimum absolute atomic E-state index is 0.0596. The Hall–Kier alpha value is -1.58. The highest BCUT2D eigenvalue weighted by atomic mass is 16.2. The Morgan fingerprint density at radius 2 is 2.40 bits per heavy atom. The van der Waals surface area contributed by atoms with E-state index in [4.69, 9.17) is 0 Å². The molecule has 0 bridgehead atoms. The first-order chi connectivity index (χ1) is 9.60. The number of hydrogen-bond acceptors (Lipinski definition) is 3. The van der Waals surface area contributed by atoms with Crippen LogP contribution >= 0.6 is 0 Å². The van der Waals surface area contributed by atoms with Crippen molar-refractivity contribution in [3.63, 3.8) is 0 Å². The number of amides is 1. The summed E-state index contributed by atoms with van der Waals surface area (Å²) in [6.45, 7) is 8.18. The van der Waals surface area contributed by atoms with Crippen LogP contribution in [0.2, 0.25) is 0 Å². The molecule has 2 unspecified atom stereocenters. The van der Waals surface area contributed by atoms with E-state index in [1.54, 1.807) is 6.20 Å². The molecule has 2 atom stereocenters. The van der Waals surface area contributed by atoms with E-state index in [0.29, 0.717) is 17.7 Å². The Balaban J connectivity index is 2.07. The third-order valence-corrected chi connectivity index (χ3v) is 3.95. The maximum atomic E-state index is 12.5. The SMILES string of the molecule is CCC(C)Nc1ccnc(C(=O)N2CCCC(C)C2)c1. The van der Waals surface area contributed by atoms with Gasteiger partial charge in [0.05, 0.1) is 0 Å². The zero-order chi connectivity index (χ0) is 14.5. The van der Waals surface area contributed by atoms with Crippen molar-refractivity contribution >= 4 is 11.6 Å². The molecule has 2 heterocycles. The average Bonchev–Trinajstić information content (AvgIpc) is 2.46. The van der Waals surface area contributed by atoms with Crippen molar-refractivity contribution in [1.82, 2.24) is 9.88 Å². The van der Waals surface area contributed by atoms with Crippen LogP contribution in [0.5, 0.6) is 0 Å². The quantitative estimate of drug-likeness (QED) is 0.918. The second-order valence-corrected chi connectivity index (χ2v) is 5.88. The van der Waals surface area contributed by atoms with Crippen LogP contribution in [0.15, 0.2) is 18.3 Å². The van der Waals surface area contributed by atoms with Crippen molar-refractivity contribution in [2.45, 2.75) is 46.1 Å². The molecule has 0 aliphatic carbocycles. The van der Waals surface area contributed by atoms with Crippen LogP contribution in [0.3, 0.4) is 0 Å². The van der Waals surface area contributed by atoms with E-state index in [0.717, 1.165) is 31.6 Å². The van der Waals surface area contributed by atoms with Gasteiger partial charge >= 0.3 is 0 Å². The second kappa shape index (κ2) is 6.73. The summed E-state index contributed by atoms with van der Waals surface area (Å²) in [5.74, 6) is 0.651. The maximum Gasteiger partial charge on any atom is 0.272 e. The lowest BCUT2D eigenvalue weighted by atomic mass is 10.00. The first-order valence-corrected chi connectivity index (χ1v) is 7.62. The highest BCUT2D eigenvalue weighted by Gasteiger charge is 2.23. The number of piperidine rings is 1. The summed E-state index contributed by atoms with van der Waals surface area (Å²) < 4.78 is 0. The molecular formula is C16H25N3O. The highest BCUT2D eigenvalue weighted by Crippen LogP contribution is 2.18. The Morgan fingerprint density at radius 3 is 3.10 bits per heavy atom. The van der Waals surface area contributed by atoms with Gasteiger partial charge in [-0.25, -0.2) is 0 Å². The van der Waals surface area contributed by atoms with Crippen molar-refractivity contribution in [2.75, 3.05) is 18.4 Å². The maximum absolute atomic E-state index is 12.5. The van der Waals surface area contributed by atoms with Crippen molar-refractivity contribution in [3.8, 4) is 0 Å². The van der Waals surface area contributed by atoms with E-state index in [1.807, 2.05) is 17.0 Å². The topological polar surface area (TPSA) is 45.2 Å². The zero-order valence-corrected chi connectivity index (χ0v) is 12.7. The average molecular weight is 275 g/mol. The predicted molar refractivity (Wildman–Crippen MR) is 81.9 cm³/mol. The van der Waals surface area contributed by atoms with Crippen LogP contribution in [-0.2, 0) is 0 Å². The summed E-state index contributed by atoms with van der Waals surface area (Å²) in [7, 11) is 0. The molecule has 1 aromatic heterocycles. The molecule has 0 spiro atoms. The van der Waals surface area contributed by atoms with E-state index < -0.39 is 0 Å². The van der Waals surface area contributed by atoms with E-state index in [9.17, 15) is 4.79 Å². The molecule has 1 N–H and O–H groups in total. The van der Waals surface area contributed by atoms with E-state index >= 15 is 0 Å². The van der Waals surface area contributed by atoms with Crippen LogP contribution in [0.1, 0.15) is 50.5 Å². The largest absolute Gasteiger partial charge is 0.382 e. The van der Waals surface area contributed by atoms with Crippen LogP contribution in [0, 0.1) is 5.92 Å². The molecule has 1 amide bonds. The van der Waals surface area contributed by atoms with Gasteiger partial charge in [0, 0.05) is 31.0 Å². The van der Waals surface area contributed by atoms with Gasteiger partial charge in [-0.15, -0.1) is 0 Å². The van der Waals surface area contributed by atoms with E-state index in [1.165, 1.54) is 6.42 Å². The fourth-order valence-electron chi connectivity index (χ4n) is 2.56. The lowest BCUT2D eigenvalue weighted by Gasteiger charge is -2.30. The molecule has 1 fully saturated rings. The molecule has 0 radical (unpaired) electrons. The Kier molecular flexibility index (Phi) is 4.99. The van der Waals surface area contributed by atoms with Gasteiger partial charge in [0.2, 0.25) is 0 Å². The normalized spacial score (nSPS) is 20.6. The number of anilines is 1. The van der Waals surface area contributed by atoms with Crippen molar-refractivity contribution in [1.29, 1.82) is 0 Å². The van der Waals surface area contributed by atoms with Gasteiger partial charge in [-0.1, -0.05) is 13.8 Å². The molecular weight excluding hydrogens is 250 g/mol. The summed E-state index contributed by atoms with van der Waals surface area (Å²) >= 11 is 0. The molecule has 1 aliphatic rings. The first kappa shape index (κ1) is 14.8. The molecule has 110 valence electrons. The number of carbonyl (C=O) groups excluding carboxylic acids is 1. The molecule has 20 heavy (non-hydrogen) atoms. The molecule has 1 aliphatic heterocycles. The van der Waals surface area contributed by atoms with Crippen molar-refractivity contribution in [3.05, 3.63) is 24.0 Å². The van der Waals surface area contributed by atoms with E-state index in [2.05, 4.69) is 31.1 Å². The second-order valence-electron chi connectivity index (χ2n) is 5.88. The Labute approximate surface area is 121 Å². The molecule has 4 nitrogen and oxygen atoms in total. The summed E-state index contributed by atoms with van der Waals surface area (Å²) in [5, 5.41) is 3.39. The van der Waals surface area contributed by atoms with E-state index in [-0.39, 0.29) is 5.91 Å². The van der Waals surface area contributed by atoms with Gasteiger partial charge in [-0.2, -0.15) is 0 Å². The van der Waals surface area contributed by atoms with Crippen LogP contribution < -0.4 is 5.32 Å². The smallest absolute Gasteiger partial charge is 0.272 e. The number of nitrogens with zero attached hydrogens (tertiary/aromatic N) is 2. The first-order valence-electron chi connectivity index (χ1n) is 7.62. The molecule has 1 saturated heterocycles. The third kappa shape index (κ3) is 3.71. The zero-order valence-electron chi connectivity index (χ0n) is 12.7. The summed E-state index contributed by atoms with van der Waals surface area (Å²) in [5.41, 5.74) is 1.52. The van der Waals surface area contributed by atoms with Gasteiger partial charge in [0.1, 0.15) is 5.69 Å². The number of carbonyl (C=O) groups is 1. The Morgan fingerprint density at radius 1 is 1.60 bits per heavy atom. The molecule has 1 aromatic rings. The fraction of sp³-hybridized carbons (Fsp3) is 0.625. The number of hydrogen-bond donors (Lipinski definition) is 1. The van der Waals surface area contributed by atoms with Crippen molar-refractivity contribution < 1.29 is 4.79 Å². The lowest BCUT2D eigenvalue weighted by molar-refractivity contribution is 0.0677. The monoisotopic (exact) mass is 275 g/mol. The standard InChI is InChI=1S/C16H25N3O/c1-4-13(3)18-14-7-8-17-15(10-14)16(20)19-9-5-6-12(2)11-19/h7-8,10,12-13H,4-6,9,11H2,1-3H3,(H,17,18). The number of likely N-dealkylation sites (tertiary alicyclic amines) is 1. The van der Waals surface area contributed by atoms with Gasteiger partial charge < -0.3 is 10.2 Å². The van der Waals surface area contributed by atoms with Crippen LogP contribution in [0.25, 0.3) is 0 Å². The number of aromatic nitrogens is 1. The number of nitrogens with one attached hydrogen (secondary N) is 1. The molecule has 2 rings (SSSR count). The number of rotatable bonds is 4. The van der Waals surface area contributed by atoms with Crippen LogP contribution in [-0.4, -0.2) is 34.9 Å². The predicted octanol–water partition coefficient (Wildman–Crippen LogP) is 3.16. The summed E-state index contributed by atoms with van der Waals surface area (Å²) in [4.78, 5) is 18.7. The third-order valence-electron chi connectivity index (χ3n) is 3.95.